The monoisotopic (exact) mass is 293 g/mol. The summed E-state index contributed by atoms with van der Waals surface area (Å²) in [5.41, 5.74) is 0.223. The quantitative estimate of drug-likeness (QED) is 0.892. The van der Waals surface area contributed by atoms with Crippen LogP contribution in [0.25, 0.3) is 0 Å². The molecule has 1 saturated heterocycles. The molecule has 1 aliphatic rings. The van der Waals surface area contributed by atoms with Gasteiger partial charge in [-0.2, -0.15) is 0 Å². The third-order valence-corrected chi connectivity index (χ3v) is 6.51. The molecule has 8 heteroatoms. The van der Waals surface area contributed by atoms with Gasteiger partial charge in [0, 0.05) is 5.69 Å². The number of sulfonamides is 1. The van der Waals surface area contributed by atoms with Crippen LogP contribution in [0.3, 0.4) is 0 Å². The molecule has 1 aliphatic heterocycles. The van der Waals surface area contributed by atoms with E-state index in [1.54, 1.807) is 0 Å². The standard InChI is InChI=1S/C10H12FNO4S2/c11-8-1-3-9(4-2-8)12-18(15,16)10-5-6-17(13,14)7-10/h1-4,10,12H,5-7H2/t10-/m0/s1. The van der Waals surface area contributed by atoms with Crippen molar-refractivity contribution in [2.24, 2.45) is 0 Å². The Balaban J connectivity index is 2.15. The number of nitrogens with one attached hydrogen (secondary N) is 1. The highest BCUT2D eigenvalue weighted by molar-refractivity contribution is 7.97. The first-order chi connectivity index (χ1) is 8.28. The SMILES string of the molecule is O=S1(=O)CC[C@H](S(=O)(=O)Nc2ccc(F)cc2)C1. The fourth-order valence-corrected chi connectivity index (χ4v) is 5.86. The van der Waals surface area contributed by atoms with E-state index in [1.807, 2.05) is 0 Å². The molecule has 1 aromatic carbocycles. The van der Waals surface area contributed by atoms with E-state index >= 15 is 0 Å². The smallest absolute Gasteiger partial charge is 0.236 e. The number of benzene rings is 1. The number of sulfone groups is 1. The van der Waals surface area contributed by atoms with Crippen LogP contribution < -0.4 is 4.72 Å². The van der Waals surface area contributed by atoms with Crippen LogP contribution in [0.15, 0.2) is 24.3 Å². The summed E-state index contributed by atoms with van der Waals surface area (Å²) in [6, 6.07) is 4.83. The van der Waals surface area contributed by atoms with Crippen molar-refractivity contribution < 1.29 is 21.2 Å². The molecule has 0 saturated carbocycles. The van der Waals surface area contributed by atoms with Gasteiger partial charge in [-0.1, -0.05) is 0 Å². The Morgan fingerprint density at radius 1 is 1.22 bits per heavy atom. The molecule has 2 rings (SSSR count). The molecule has 0 amide bonds. The van der Waals surface area contributed by atoms with Gasteiger partial charge in [0.15, 0.2) is 9.84 Å². The highest BCUT2D eigenvalue weighted by atomic mass is 32.2. The predicted molar refractivity (Wildman–Crippen MR) is 66.0 cm³/mol. The summed E-state index contributed by atoms with van der Waals surface area (Å²) in [6.45, 7) is 0. The van der Waals surface area contributed by atoms with Gasteiger partial charge in [0.1, 0.15) is 5.82 Å². The first-order valence-electron chi connectivity index (χ1n) is 5.26. The Morgan fingerprint density at radius 2 is 1.83 bits per heavy atom. The van der Waals surface area contributed by atoms with Gasteiger partial charge in [-0.15, -0.1) is 0 Å². The molecular formula is C10H12FNO4S2. The number of rotatable bonds is 3. The highest BCUT2D eigenvalue weighted by Gasteiger charge is 2.37. The molecule has 1 N–H and O–H groups in total. The number of halogens is 1. The zero-order valence-electron chi connectivity index (χ0n) is 9.34. The lowest BCUT2D eigenvalue weighted by Gasteiger charge is -2.12. The van der Waals surface area contributed by atoms with Gasteiger partial charge in [0.05, 0.1) is 16.8 Å². The zero-order chi connectivity index (χ0) is 13.4. The third kappa shape index (κ3) is 2.99. The van der Waals surface area contributed by atoms with Crippen molar-refractivity contribution in [1.82, 2.24) is 0 Å². The summed E-state index contributed by atoms with van der Waals surface area (Å²) in [5, 5.41) is -0.937. The second-order valence-corrected chi connectivity index (χ2v) is 8.37. The van der Waals surface area contributed by atoms with E-state index in [9.17, 15) is 21.2 Å². The van der Waals surface area contributed by atoms with Crippen molar-refractivity contribution in [2.75, 3.05) is 16.2 Å². The Hall–Kier alpha value is -1.15. The summed E-state index contributed by atoms with van der Waals surface area (Å²) in [7, 11) is -7.01. The predicted octanol–water partition coefficient (Wildman–Crippen LogP) is 0.754. The fraction of sp³-hybridized carbons (Fsp3) is 0.400. The molecule has 1 heterocycles. The normalized spacial score (nSPS) is 22.8. The van der Waals surface area contributed by atoms with Gasteiger partial charge in [-0.3, -0.25) is 4.72 Å². The summed E-state index contributed by atoms with van der Waals surface area (Å²) in [6.07, 6.45) is 0.0961. The average molecular weight is 293 g/mol. The molecule has 0 aliphatic carbocycles. The molecule has 0 unspecified atom stereocenters. The second kappa shape index (κ2) is 4.51. The lowest BCUT2D eigenvalue weighted by atomic mass is 10.3. The molecule has 0 spiro atoms. The number of hydrogen-bond acceptors (Lipinski definition) is 4. The van der Waals surface area contributed by atoms with Crippen molar-refractivity contribution in [3.05, 3.63) is 30.1 Å². The second-order valence-electron chi connectivity index (χ2n) is 4.18. The summed E-state index contributed by atoms with van der Waals surface area (Å²) in [4.78, 5) is 0. The van der Waals surface area contributed by atoms with E-state index in [-0.39, 0.29) is 23.6 Å². The first kappa shape index (κ1) is 13.3. The zero-order valence-corrected chi connectivity index (χ0v) is 11.0. The van der Waals surface area contributed by atoms with E-state index in [0.717, 1.165) is 12.1 Å². The van der Waals surface area contributed by atoms with Crippen LogP contribution in [-0.2, 0) is 19.9 Å². The first-order valence-corrected chi connectivity index (χ1v) is 8.63. The highest BCUT2D eigenvalue weighted by Crippen LogP contribution is 2.21. The van der Waals surface area contributed by atoms with Crippen LogP contribution >= 0.6 is 0 Å². The summed E-state index contributed by atoms with van der Waals surface area (Å²) in [5.74, 6) is -0.938. The maximum Gasteiger partial charge on any atom is 0.236 e. The minimum absolute atomic E-state index is 0.0961. The molecule has 0 bridgehead atoms. The molecule has 100 valence electrons. The van der Waals surface area contributed by atoms with Gasteiger partial charge in [0.25, 0.3) is 0 Å². The number of anilines is 1. The summed E-state index contributed by atoms with van der Waals surface area (Å²) >= 11 is 0. The molecule has 1 atom stereocenters. The van der Waals surface area contributed by atoms with E-state index in [2.05, 4.69) is 4.72 Å². The molecule has 0 aromatic heterocycles. The minimum atomic E-state index is -3.75. The van der Waals surface area contributed by atoms with Crippen LogP contribution in [0.5, 0.6) is 0 Å². The summed E-state index contributed by atoms with van der Waals surface area (Å²) < 4.78 is 61.2. The molecule has 18 heavy (non-hydrogen) atoms. The largest absolute Gasteiger partial charge is 0.283 e. The van der Waals surface area contributed by atoms with E-state index in [1.165, 1.54) is 12.1 Å². The molecule has 5 nitrogen and oxygen atoms in total. The molecule has 1 fully saturated rings. The van der Waals surface area contributed by atoms with E-state index in [0.29, 0.717) is 0 Å². The average Bonchev–Trinajstić information content (AvgIpc) is 2.63. The molecular weight excluding hydrogens is 281 g/mol. The van der Waals surface area contributed by atoms with Crippen molar-refractivity contribution in [3.63, 3.8) is 0 Å². The lowest BCUT2D eigenvalue weighted by molar-refractivity contribution is 0.587. The molecule has 1 aromatic rings. The van der Waals surface area contributed by atoms with E-state index < -0.39 is 30.9 Å². The Kier molecular flexibility index (Phi) is 3.33. The van der Waals surface area contributed by atoms with Crippen molar-refractivity contribution in [1.29, 1.82) is 0 Å². The fourth-order valence-electron chi connectivity index (χ4n) is 1.77. The van der Waals surface area contributed by atoms with Crippen LogP contribution in [0.2, 0.25) is 0 Å². The van der Waals surface area contributed by atoms with Crippen LogP contribution in [0.4, 0.5) is 10.1 Å². The third-order valence-electron chi connectivity index (χ3n) is 2.73. The Bertz CT molecular complexity index is 637. The number of hydrogen-bond donors (Lipinski definition) is 1. The topological polar surface area (TPSA) is 80.3 Å². The van der Waals surface area contributed by atoms with Crippen molar-refractivity contribution in [3.8, 4) is 0 Å². The maximum absolute atomic E-state index is 12.7. The van der Waals surface area contributed by atoms with Crippen molar-refractivity contribution in [2.45, 2.75) is 11.7 Å². The minimum Gasteiger partial charge on any atom is -0.283 e. The molecule has 0 radical (unpaired) electrons. The van der Waals surface area contributed by atoms with E-state index in [4.69, 9.17) is 0 Å². The van der Waals surface area contributed by atoms with Crippen LogP contribution in [-0.4, -0.2) is 33.6 Å². The van der Waals surface area contributed by atoms with Gasteiger partial charge >= 0.3 is 0 Å². The van der Waals surface area contributed by atoms with Gasteiger partial charge in [-0.25, -0.2) is 21.2 Å². The Morgan fingerprint density at radius 3 is 2.33 bits per heavy atom. The van der Waals surface area contributed by atoms with Crippen LogP contribution in [0.1, 0.15) is 6.42 Å². The van der Waals surface area contributed by atoms with Gasteiger partial charge in [0.2, 0.25) is 10.0 Å². The van der Waals surface area contributed by atoms with Gasteiger partial charge < -0.3 is 0 Å². The maximum atomic E-state index is 12.7. The van der Waals surface area contributed by atoms with Crippen LogP contribution in [0, 0.1) is 5.82 Å². The Labute approximate surface area is 105 Å². The van der Waals surface area contributed by atoms with Gasteiger partial charge in [-0.05, 0) is 30.7 Å². The lowest BCUT2D eigenvalue weighted by Crippen LogP contribution is -2.28. The van der Waals surface area contributed by atoms with Crippen molar-refractivity contribution >= 4 is 25.5 Å².